The lowest BCUT2D eigenvalue weighted by Gasteiger charge is -2.15. The van der Waals surface area contributed by atoms with Crippen LogP contribution in [0.15, 0.2) is 70.6 Å². The first-order valence-electron chi connectivity index (χ1n) is 13.4. The molecule has 0 aromatic heterocycles. The summed E-state index contributed by atoms with van der Waals surface area (Å²) < 4.78 is 10.9. The molecule has 37 heavy (non-hydrogen) atoms. The third-order valence-corrected chi connectivity index (χ3v) is 6.62. The van der Waals surface area contributed by atoms with Gasteiger partial charge in [0.15, 0.2) is 0 Å². The van der Waals surface area contributed by atoms with Crippen molar-refractivity contribution in [2.45, 2.75) is 59.4 Å². The number of allylic oxidation sites excluding steroid dienone is 3. The molecule has 2 aromatic carbocycles. The number of aryl methyl sites for hydroxylation is 1. The van der Waals surface area contributed by atoms with Gasteiger partial charge in [0.25, 0.3) is 0 Å². The Morgan fingerprint density at radius 2 is 1.81 bits per heavy atom. The molecule has 1 aliphatic heterocycles. The molecule has 1 fully saturated rings. The van der Waals surface area contributed by atoms with Crippen molar-refractivity contribution in [3.63, 3.8) is 0 Å². The highest BCUT2D eigenvalue weighted by Crippen LogP contribution is 2.26. The lowest BCUT2D eigenvalue weighted by Crippen LogP contribution is -2.20. The Balaban J connectivity index is 1.56. The molecule has 1 heterocycles. The van der Waals surface area contributed by atoms with E-state index in [2.05, 4.69) is 53.6 Å². The van der Waals surface area contributed by atoms with Crippen molar-refractivity contribution in [3.05, 3.63) is 76.8 Å². The fourth-order valence-corrected chi connectivity index (χ4v) is 4.44. The molecule has 2 aromatic rings. The number of hydrogen-bond acceptors (Lipinski definition) is 6. The number of benzene rings is 2. The summed E-state index contributed by atoms with van der Waals surface area (Å²) >= 11 is 0. The van der Waals surface area contributed by atoms with E-state index in [1.807, 2.05) is 37.4 Å². The van der Waals surface area contributed by atoms with Gasteiger partial charge in [0, 0.05) is 24.1 Å². The van der Waals surface area contributed by atoms with Crippen molar-refractivity contribution in [1.29, 1.82) is 0 Å². The zero-order valence-corrected chi connectivity index (χ0v) is 23.3. The Hall–Kier alpha value is -3.25. The highest BCUT2D eigenvalue weighted by Gasteiger charge is 2.11. The largest absolute Gasteiger partial charge is 0.497 e. The zero-order valence-electron chi connectivity index (χ0n) is 23.3. The SMILES string of the molecule is COc1cccc(CN/C(C)=C/C=N\C(Nc2ccc(OC)c(CCCCN3CCCC3)c2)=C(C)C)c1. The standard InChI is InChI=1S/C31H44N4O2/c1-24(2)31(32-17-16-25(3)33-23-26-11-10-13-29(21-26)36-4)34-28-14-15-30(37-5)27(22-28)12-6-7-18-35-19-8-9-20-35/h10-11,13-17,21-22,33-34H,6-9,12,18-20,23H2,1-5H3/b25-16+,32-17-. The Kier molecular flexibility index (Phi) is 11.6. The number of ether oxygens (including phenoxy) is 2. The maximum atomic E-state index is 5.64. The molecule has 0 saturated carbocycles. The van der Waals surface area contributed by atoms with Crippen LogP contribution in [0.1, 0.15) is 57.6 Å². The molecule has 1 aliphatic rings. The van der Waals surface area contributed by atoms with Crippen LogP contribution in [0.4, 0.5) is 5.69 Å². The van der Waals surface area contributed by atoms with Gasteiger partial charge in [0.1, 0.15) is 17.3 Å². The lowest BCUT2D eigenvalue weighted by molar-refractivity contribution is 0.329. The molecule has 0 radical (unpaired) electrons. The van der Waals surface area contributed by atoms with E-state index in [1.54, 1.807) is 14.2 Å². The third-order valence-electron chi connectivity index (χ3n) is 6.62. The number of methoxy groups -OCH3 is 2. The van der Waals surface area contributed by atoms with E-state index in [0.717, 1.165) is 53.7 Å². The lowest BCUT2D eigenvalue weighted by atomic mass is 10.1. The number of nitrogens with zero attached hydrogens (tertiary/aromatic N) is 2. The van der Waals surface area contributed by atoms with Crippen molar-refractivity contribution < 1.29 is 9.47 Å². The van der Waals surface area contributed by atoms with Gasteiger partial charge in [-0.1, -0.05) is 12.1 Å². The molecule has 1 saturated heterocycles. The maximum absolute atomic E-state index is 5.64. The van der Waals surface area contributed by atoms with Crippen LogP contribution >= 0.6 is 0 Å². The first-order chi connectivity index (χ1) is 18.0. The first kappa shape index (κ1) is 28.3. The number of nitrogens with one attached hydrogen (secondary N) is 2. The Morgan fingerprint density at radius 1 is 1.00 bits per heavy atom. The minimum absolute atomic E-state index is 0.730. The third kappa shape index (κ3) is 9.62. The summed E-state index contributed by atoms with van der Waals surface area (Å²) in [6, 6.07) is 14.4. The minimum Gasteiger partial charge on any atom is -0.497 e. The Labute approximate surface area is 223 Å². The molecule has 0 unspecified atom stereocenters. The van der Waals surface area contributed by atoms with E-state index < -0.39 is 0 Å². The topological polar surface area (TPSA) is 58.1 Å². The smallest absolute Gasteiger partial charge is 0.128 e. The molecular weight excluding hydrogens is 460 g/mol. The summed E-state index contributed by atoms with van der Waals surface area (Å²) in [6.07, 6.45) is 9.94. The fraction of sp³-hybridized carbons (Fsp3) is 0.452. The van der Waals surface area contributed by atoms with E-state index >= 15 is 0 Å². The second-order valence-electron chi connectivity index (χ2n) is 9.84. The van der Waals surface area contributed by atoms with Crippen LogP contribution in [0, 0.1) is 0 Å². The van der Waals surface area contributed by atoms with Crippen LogP contribution in [0.3, 0.4) is 0 Å². The van der Waals surface area contributed by atoms with Gasteiger partial charge in [-0.25, -0.2) is 4.99 Å². The van der Waals surface area contributed by atoms with E-state index in [0.29, 0.717) is 0 Å². The number of aliphatic imine (C=N–C) groups is 1. The van der Waals surface area contributed by atoms with Crippen LogP contribution in [0.25, 0.3) is 0 Å². The van der Waals surface area contributed by atoms with Gasteiger partial charge in [-0.15, -0.1) is 0 Å². The first-order valence-corrected chi connectivity index (χ1v) is 13.4. The molecule has 6 heteroatoms. The second kappa shape index (κ2) is 15.1. The molecule has 6 nitrogen and oxygen atoms in total. The summed E-state index contributed by atoms with van der Waals surface area (Å²) in [7, 11) is 3.44. The highest BCUT2D eigenvalue weighted by molar-refractivity contribution is 5.73. The fourth-order valence-electron chi connectivity index (χ4n) is 4.44. The molecule has 0 spiro atoms. The molecule has 200 valence electrons. The minimum atomic E-state index is 0.730. The molecule has 3 rings (SSSR count). The van der Waals surface area contributed by atoms with E-state index in [9.17, 15) is 0 Å². The van der Waals surface area contributed by atoms with Crippen LogP contribution in [0.5, 0.6) is 11.5 Å². The van der Waals surface area contributed by atoms with Crippen molar-refractivity contribution >= 4 is 11.9 Å². The van der Waals surface area contributed by atoms with Crippen molar-refractivity contribution in [1.82, 2.24) is 10.2 Å². The van der Waals surface area contributed by atoms with E-state index in [4.69, 9.17) is 14.5 Å². The van der Waals surface area contributed by atoms with Crippen molar-refractivity contribution in [2.24, 2.45) is 4.99 Å². The predicted octanol–water partition coefficient (Wildman–Crippen LogP) is 6.55. The Bertz CT molecular complexity index is 1080. The van der Waals surface area contributed by atoms with Gasteiger partial charge in [-0.3, -0.25) is 0 Å². The van der Waals surface area contributed by atoms with Gasteiger partial charge in [0.2, 0.25) is 0 Å². The van der Waals surface area contributed by atoms with Crippen LogP contribution in [0.2, 0.25) is 0 Å². The molecule has 2 N–H and O–H groups in total. The maximum Gasteiger partial charge on any atom is 0.128 e. The van der Waals surface area contributed by atoms with Crippen LogP contribution in [-0.2, 0) is 13.0 Å². The Morgan fingerprint density at radius 3 is 2.54 bits per heavy atom. The average Bonchev–Trinajstić information content (AvgIpc) is 3.43. The van der Waals surface area contributed by atoms with Gasteiger partial charge in [-0.05, 0) is 126 Å². The summed E-state index contributed by atoms with van der Waals surface area (Å²) in [5, 5.41) is 6.93. The molecule has 0 atom stereocenters. The molecule has 0 amide bonds. The summed E-state index contributed by atoms with van der Waals surface area (Å²) in [4.78, 5) is 7.29. The van der Waals surface area contributed by atoms with Crippen molar-refractivity contribution in [3.8, 4) is 11.5 Å². The van der Waals surface area contributed by atoms with Gasteiger partial charge >= 0.3 is 0 Å². The van der Waals surface area contributed by atoms with Gasteiger partial charge in [0.05, 0.1) is 14.2 Å². The van der Waals surface area contributed by atoms with Gasteiger partial charge in [-0.2, -0.15) is 0 Å². The second-order valence-corrected chi connectivity index (χ2v) is 9.84. The van der Waals surface area contributed by atoms with Crippen LogP contribution < -0.4 is 20.1 Å². The number of likely N-dealkylation sites (tertiary alicyclic amines) is 1. The normalized spacial score (nSPS) is 14.1. The van der Waals surface area contributed by atoms with E-state index in [1.165, 1.54) is 50.0 Å². The summed E-state index contributed by atoms with van der Waals surface area (Å²) in [5.41, 5.74) is 5.60. The quantitative estimate of drug-likeness (QED) is 0.226. The summed E-state index contributed by atoms with van der Waals surface area (Å²) in [5.74, 6) is 2.67. The highest BCUT2D eigenvalue weighted by atomic mass is 16.5. The molecular formula is C31H44N4O2. The van der Waals surface area contributed by atoms with Gasteiger partial charge < -0.3 is 25.0 Å². The molecule has 0 bridgehead atoms. The monoisotopic (exact) mass is 504 g/mol. The van der Waals surface area contributed by atoms with Crippen LogP contribution in [-0.4, -0.2) is 45.0 Å². The summed E-state index contributed by atoms with van der Waals surface area (Å²) in [6.45, 7) is 10.6. The number of rotatable bonds is 14. The zero-order chi connectivity index (χ0) is 26.5. The average molecular weight is 505 g/mol. The van der Waals surface area contributed by atoms with E-state index in [-0.39, 0.29) is 0 Å². The van der Waals surface area contributed by atoms with Crippen molar-refractivity contribution in [2.75, 3.05) is 39.2 Å². The predicted molar refractivity (Wildman–Crippen MR) is 156 cm³/mol. The number of hydrogen-bond donors (Lipinski definition) is 2. The molecule has 0 aliphatic carbocycles. The number of anilines is 1. The number of unbranched alkanes of at least 4 members (excludes halogenated alkanes) is 1.